The molecule has 1 aliphatic rings. The second-order valence-corrected chi connectivity index (χ2v) is 4.73. The van der Waals surface area contributed by atoms with Gasteiger partial charge in [-0.25, -0.2) is 23.5 Å². The normalized spacial score (nSPS) is 19.0. The van der Waals surface area contributed by atoms with E-state index in [0.717, 1.165) is 12.1 Å². The van der Waals surface area contributed by atoms with Crippen LogP contribution < -0.4 is 10.2 Å². The largest absolute Gasteiger partial charge is 0.480 e. The van der Waals surface area contributed by atoms with Crippen LogP contribution in [0.4, 0.5) is 14.6 Å². The number of aliphatic carboxylic acids is 1. The Balaban J connectivity index is 2.14. The predicted octanol–water partition coefficient (Wildman–Crippen LogP) is 0.771. The highest BCUT2D eigenvalue weighted by atomic mass is 19.2. The molecule has 1 aromatic carbocycles. The number of benzene rings is 1. The molecule has 21 heavy (non-hydrogen) atoms. The van der Waals surface area contributed by atoms with Crippen LogP contribution in [0.3, 0.4) is 0 Å². The number of anilines is 1. The van der Waals surface area contributed by atoms with E-state index in [1.54, 1.807) is 4.90 Å². The van der Waals surface area contributed by atoms with Crippen LogP contribution in [0.1, 0.15) is 0 Å². The Morgan fingerprint density at radius 2 is 2.10 bits per heavy atom. The Kier molecular flexibility index (Phi) is 3.38. The number of carboxylic acid groups (broad SMARTS) is 1. The van der Waals surface area contributed by atoms with Crippen molar-refractivity contribution in [3.63, 3.8) is 0 Å². The number of aromatic nitrogens is 2. The summed E-state index contributed by atoms with van der Waals surface area (Å²) < 4.78 is 26.7. The molecule has 0 aliphatic carbocycles. The number of carboxylic acids is 1. The Hall–Kier alpha value is -2.35. The van der Waals surface area contributed by atoms with Crippen molar-refractivity contribution >= 4 is 22.7 Å². The van der Waals surface area contributed by atoms with E-state index in [9.17, 15) is 18.7 Å². The third kappa shape index (κ3) is 2.38. The zero-order chi connectivity index (χ0) is 15.0. The van der Waals surface area contributed by atoms with Crippen LogP contribution in [0.2, 0.25) is 0 Å². The summed E-state index contributed by atoms with van der Waals surface area (Å²) in [7, 11) is 0. The summed E-state index contributed by atoms with van der Waals surface area (Å²) in [4.78, 5) is 20.9. The first-order valence-electron chi connectivity index (χ1n) is 6.38. The first-order chi connectivity index (χ1) is 10.1. The second-order valence-electron chi connectivity index (χ2n) is 4.73. The number of nitrogens with zero attached hydrogens (tertiary/aromatic N) is 3. The molecule has 1 atom stereocenters. The molecular formula is C13H12F2N4O2. The van der Waals surface area contributed by atoms with E-state index in [1.807, 2.05) is 0 Å². The Labute approximate surface area is 118 Å². The van der Waals surface area contributed by atoms with Gasteiger partial charge in [-0.3, -0.25) is 0 Å². The summed E-state index contributed by atoms with van der Waals surface area (Å²) in [5.74, 6) is -2.72. The summed E-state index contributed by atoms with van der Waals surface area (Å²) in [6.07, 6.45) is 1.22. The Bertz CT molecular complexity index is 710. The van der Waals surface area contributed by atoms with E-state index in [2.05, 4.69) is 15.3 Å². The number of hydrogen-bond acceptors (Lipinski definition) is 5. The van der Waals surface area contributed by atoms with Gasteiger partial charge in [0.2, 0.25) is 0 Å². The first-order valence-corrected chi connectivity index (χ1v) is 6.38. The van der Waals surface area contributed by atoms with Gasteiger partial charge >= 0.3 is 5.97 Å². The average molecular weight is 294 g/mol. The minimum absolute atomic E-state index is 0.238. The molecule has 8 heteroatoms. The van der Waals surface area contributed by atoms with Crippen molar-refractivity contribution < 1.29 is 18.7 Å². The van der Waals surface area contributed by atoms with E-state index >= 15 is 0 Å². The molecule has 2 aromatic rings. The molecule has 0 amide bonds. The van der Waals surface area contributed by atoms with Gasteiger partial charge in [-0.05, 0) is 6.07 Å². The van der Waals surface area contributed by atoms with E-state index in [-0.39, 0.29) is 12.1 Å². The van der Waals surface area contributed by atoms with Gasteiger partial charge < -0.3 is 15.3 Å². The summed E-state index contributed by atoms with van der Waals surface area (Å²) in [5.41, 5.74) is 0.238. The average Bonchev–Trinajstić information content (AvgIpc) is 2.48. The van der Waals surface area contributed by atoms with Crippen LogP contribution in [0.5, 0.6) is 0 Å². The summed E-state index contributed by atoms with van der Waals surface area (Å²) in [5, 5.41) is 12.6. The van der Waals surface area contributed by atoms with Crippen molar-refractivity contribution in [2.75, 3.05) is 24.5 Å². The van der Waals surface area contributed by atoms with Gasteiger partial charge in [-0.15, -0.1) is 0 Å². The van der Waals surface area contributed by atoms with Crippen molar-refractivity contribution in [3.05, 3.63) is 30.1 Å². The highest BCUT2D eigenvalue weighted by Crippen LogP contribution is 2.27. The number of halogens is 2. The third-order valence-corrected chi connectivity index (χ3v) is 3.46. The smallest absolute Gasteiger partial charge is 0.327 e. The maximum atomic E-state index is 13.5. The number of nitrogens with one attached hydrogen (secondary N) is 1. The highest BCUT2D eigenvalue weighted by molar-refractivity contribution is 5.91. The minimum atomic E-state index is -1.01. The molecule has 110 valence electrons. The lowest BCUT2D eigenvalue weighted by Crippen LogP contribution is -2.55. The Morgan fingerprint density at radius 3 is 2.86 bits per heavy atom. The molecule has 1 unspecified atom stereocenters. The number of rotatable bonds is 2. The van der Waals surface area contributed by atoms with Gasteiger partial charge in [-0.2, -0.15) is 0 Å². The molecule has 3 rings (SSSR count). The topological polar surface area (TPSA) is 78.4 Å². The molecule has 2 heterocycles. The van der Waals surface area contributed by atoms with Crippen molar-refractivity contribution in [1.29, 1.82) is 0 Å². The molecule has 2 N–H and O–H groups in total. The molecule has 1 fully saturated rings. The SMILES string of the molecule is O=C(O)C1CNCCN1c1ncnc2cc(F)c(F)cc12. The lowest BCUT2D eigenvalue weighted by Gasteiger charge is -2.34. The minimum Gasteiger partial charge on any atom is -0.480 e. The van der Waals surface area contributed by atoms with Gasteiger partial charge in [0.05, 0.1) is 5.52 Å². The fraction of sp³-hybridized carbons (Fsp3) is 0.308. The van der Waals surface area contributed by atoms with E-state index in [1.165, 1.54) is 6.33 Å². The number of hydrogen-bond donors (Lipinski definition) is 2. The molecular weight excluding hydrogens is 282 g/mol. The van der Waals surface area contributed by atoms with Gasteiger partial charge in [-0.1, -0.05) is 0 Å². The van der Waals surface area contributed by atoms with Crippen LogP contribution >= 0.6 is 0 Å². The molecule has 0 saturated carbocycles. The number of piperazine rings is 1. The lowest BCUT2D eigenvalue weighted by atomic mass is 10.1. The van der Waals surface area contributed by atoms with Crippen LogP contribution in [0, 0.1) is 11.6 Å². The maximum absolute atomic E-state index is 13.5. The fourth-order valence-electron chi connectivity index (χ4n) is 2.44. The van der Waals surface area contributed by atoms with Crippen LogP contribution in [0.15, 0.2) is 18.5 Å². The van der Waals surface area contributed by atoms with Gasteiger partial charge in [0.15, 0.2) is 11.6 Å². The van der Waals surface area contributed by atoms with E-state index < -0.39 is 23.6 Å². The number of fused-ring (bicyclic) bond motifs is 1. The Morgan fingerprint density at radius 1 is 1.33 bits per heavy atom. The highest BCUT2D eigenvalue weighted by Gasteiger charge is 2.30. The summed E-state index contributed by atoms with van der Waals surface area (Å²) >= 11 is 0. The second kappa shape index (κ2) is 5.21. The van der Waals surface area contributed by atoms with Crippen molar-refractivity contribution in [3.8, 4) is 0 Å². The molecule has 0 spiro atoms. The summed E-state index contributed by atoms with van der Waals surface area (Å²) in [6, 6.07) is 1.17. The van der Waals surface area contributed by atoms with E-state index in [4.69, 9.17) is 0 Å². The molecule has 6 nitrogen and oxygen atoms in total. The fourth-order valence-corrected chi connectivity index (χ4v) is 2.44. The van der Waals surface area contributed by atoms with Crippen LogP contribution in [-0.4, -0.2) is 46.7 Å². The summed E-state index contributed by atoms with van der Waals surface area (Å²) in [6.45, 7) is 1.24. The first kappa shape index (κ1) is 13.6. The lowest BCUT2D eigenvalue weighted by molar-refractivity contribution is -0.138. The maximum Gasteiger partial charge on any atom is 0.327 e. The third-order valence-electron chi connectivity index (χ3n) is 3.46. The zero-order valence-corrected chi connectivity index (χ0v) is 10.9. The quantitative estimate of drug-likeness (QED) is 0.852. The van der Waals surface area contributed by atoms with E-state index in [0.29, 0.717) is 24.3 Å². The number of carbonyl (C=O) groups is 1. The molecule has 1 aliphatic heterocycles. The predicted molar refractivity (Wildman–Crippen MR) is 71.1 cm³/mol. The van der Waals surface area contributed by atoms with Gasteiger partial charge in [0.25, 0.3) is 0 Å². The zero-order valence-electron chi connectivity index (χ0n) is 10.9. The standard InChI is InChI=1S/C13H12F2N4O2/c14-8-3-7-10(4-9(8)15)17-6-18-12(7)19-2-1-16-5-11(19)13(20)21/h3-4,6,11,16H,1-2,5H2,(H,20,21). The van der Waals surface area contributed by atoms with Crippen LogP contribution in [-0.2, 0) is 4.79 Å². The van der Waals surface area contributed by atoms with Crippen molar-refractivity contribution in [1.82, 2.24) is 15.3 Å². The van der Waals surface area contributed by atoms with Crippen LogP contribution in [0.25, 0.3) is 10.9 Å². The monoisotopic (exact) mass is 294 g/mol. The molecule has 1 aromatic heterocycles. The molecule has 1 saturated heterocycles. The van der Waals surface area contributed by atoms with Gasteiger partial charge in [0, 0.05) is 31.1 Å². The van der Waals surface area contributed by atoms with Gasteiger partial charge in [0.1, 0.15) is 18.2 Å². The molecule has 0 bridgehead atoms. The van der Waals surface area contributed by atoms with Crippen molar-refractivity contribution in [2.45, 2.75) is 6.04 Å². The van der Waals surface area contributed by atoms with Crippen molar-refractivity contribution in [2.24, 2.45) is 0 Å². The molecule has 0 radical (unpaired) electrons.